The summed E-state index contributed by atoms with van der Waals surface area (Å²) in [6.07, 6.45) is 0.762. The maximum absolute atomic E-state index is 13.8. The quantitative estimate of drug-likeness (QED) is 0.0837. The van der Waals surface area contributed by atoms with E-state index in [4.69, 9.17) is 4.74 Å². The SMILES string of the molecule is CCN(C)C(C)(C)C(=O)CN(CCn1cc(CC(OC(=O)C(C)C)c2ccc(O)c([N+](=O)[O-])c2)nn1)C(=O)Cc1ccc(N2C(=O)CC(C(C)C)C2=O)cc1. The third-order valence-corrected chi connectivity index (χ3v) is 10.2. The van der Waals surface area contributed by atoms with Crippen molar-refractivity contribution in [2.75, 3.05) is 31.6 Å². The van der Waals surface area contributed by atoms with Gasteiger partial charge in [-0.25, -0.2) is 0 Å². The number of rotatable bonds is 18. The summed E-state index contributed by atoms with van der Waals surface area (Å²) in [5, 5.41) is 29.8. The molecule has 1 aliphatic rings. The highest BCUT2D eigenvalue weighted by molar-refractivity contribution is 6.21. The monoisotopic (exact) mass is 761 g/mol. The molecule has 0 aliphatic carbocycles. The Labute approximate surface area is 320 Å². The molecule has 1 N–H and O–H groups in total. The number of esters is 1. The fourth-order valence-corrected chi connectivity index (χ4v) is 6.11. The van der Waals surface area contributed by atoms with Crippen molar-refractivity contribution in [1.29, 1.82) is 0 Å². The number of imide groups is 1. The molecule has 0 spiro atoms. The van der Waals surface area contributed by atoms with Crippen LogP contribution in [0.2, 0.25) is 0 Å². The van der Waals surface area contributed by atoms with Crippen LogP contribution in [-0.4, -0.2) is 96.5 Å². The molecular weight excluding hydrogens is 710 g/mol. The predicted octanol–water partition coefficient (Wildman–Crippen LogP) is 4.28. The average molecular weight is 762 g/mol. The number of anilines is 1. The van der Waals surface area contributed by atoms with Crippen molar-refractivity contribution in [3.63, 3.8) is 0 Å². The zero-order valence-corrected chi connectivity index (χ0v) is 32.7. The van der Waals surface area contributed by atoms with E-state index in [1.54, 1.807) is 58.2 Å². The maximum atomic E-state index is 13.8. The highest BCUT2D eigenvalue weighted by Crippen LogP contribution is 2.33. The minimum Gasteiger partial charge on any atom is -0.502 e. The molecule has 296 valence electrons. The Morgan fingerprint density at radius 3 is 2.35 bits per heavy atom. The first-order chi connectivity index (χ1) is 25.8. The number of nitro groups is 1. The number of phenolic OH excluding ortho intramolecular Hbond substituents is 1. The minimum atomic E-state index is -0.974. The third-order valence-electron chi connectivity index (χ3n) is 10.2. The Bertz CT molecular complexity index is 1900. The number of hydrogen-bond acceptors (Lipinski definition) is 12. The highest BCUT2D eigenvalue weighted by atomic mass is 16.6. The molecule has 2 atom stereocenters. The van der Waals surface area contributed by atoms with Crippen molar-refractivity contribution in [2.45, 2.75) is 85.9 Å². The molecule has 3 amide bonds. The molecule has 1 aromatic heterocycles. The summed E-state index contributed by atoms with van der Waals surface area (Å²) < 4.78 is 7.18. The van der Waals surface area contributed by atoms with Crippen LogP contribution in [0.1, 0.15) is 77.8 Å². The van der Waals surface area contributed by atoms with Crippen LogP contribution in [0.25, 0.3) is 0 Å². The highest BCUT2D eigenvalue weighted by Gasteiger charge is 2.41. The smallest absolute Gasteiger partial charge is 0.311 e. The maximum Gasteiger partial charge on any atom is 0.311 e. The van der Waals surface area contributed by atoms with Gasteiger partial charge >= 0.3 is 11.7 Å². The topological polar surface area (TPSA) is 198 Å². The Kier molecular flexibility index (Phi) is 13.6. The van der Waals surface area contributed by atoms with Crippen LogP contribution < -0.4 is 4.90 Å². The van der Waals surface area contributed by atoms with Crippen molar-refractivity contribution in [3.8, 4) is 5.75 Å². The van der Waals surface area contributed by atoms with Gasteiger partial charge in [-0.15, -0.1) is 5.10 Å². The lowest BCUT2D eigenvalue weighted by Gasteiger charge is -2.35. The minimum absolute atomic E-state index is 0.0157. The molecule has 2 unspecified atom stereocenters. The van der Waals surface area contributed by atoms with E-state index in [2.05, 4.69) is 10.3 Å². The Balaban J connectivity index is 1.52. The van der Waals surface area contributed by atoms with E-state index in [0.29, 0.717) is 23.5 Å². The summed E-state index contributed by atoms with van der Waals surface area (Å²) in [7, 11) is 1.84. The lowest BCUT2D eigenvalue weighted by Crippen LogP contribution is -2.53. The number of nitro benzene ring substituents is 1. The summed E-state index contributed by atoms with van der Waals surface area (Å²) in [6.45, 7) is 13.4. The molecule has 1 saturated heterocycles. The number of nitrogens with zero attached hydrogens (tertiary/aromatic N) is 7. The number of carbonyl (C=O) groups excluding carboxylic acids is 5. The number of aromatic hydroxyl groups is 1. The van der Waals surface area contributed by atoms with E-state index in [1.807, 2.05) is 32.7 Å². The number of benzene rings is 2. The molecule has 2 heterocycles. The number of aromatic nitrogens is 3. The van der Waals surface area contributed by atoms with E-state index in [9.17, 15) is 39.2 Å². The molecule has 16 nitrogen and oxygen atoms in total. The first-order valence-corrected chi connectivity index (χ1v) is 18.4. The third kappa shape index (κ3) is 10.2. The van der Waals surface area contributed by atoms with E-state index in [0.717, 1.165) is 6.07 Å². The van der Waals surface area contributed by atoms with Gasteiger partial charge in [-0.05, 0) is 62.7 Å². The molecular formula is C39H51N7O9. The summed E-state index contributed by atoms with van der Waals surface area (Å²) in [4.78, 5) is 81.0. The molecule has 0 bridgehead atoms. The summed E-state index contributed by atoms with van der Waals surface area (Å²) in [5.74, 6) is -2.86. The van der Waals surface area contributed by atoms with Crippen molar-refractivity contribution in [2.24, 2.45) is 17.8 Å². The lowest BCUT2D eigenvalue weighted by molar-refractivity contribution is -0.386. The number of hydrogen-bond donors (Lipinski definition) is 1. The summed E-state index contributed by atoms with van der Waals surface area (Å²) in [6, 6.07) is 10.4. The van der Waals surface area contributed by atoms with E-state index in [-0.39, 0.29) is 79.8 Å². The zero-order valence-electron chi connectivity index (χ0n) is 32.7. The number of ketones is 1. The molecule has 55 heavy (non-hydrogen) atoms. The van der Waals surface area contributed by atoms with Crippen LogP contribution in [0.5, 0.6) is 5.75 Å². The molecule has 2 aromatic carbocycles. The van der Waals surface area contributed by atoms with Gasteiger partial charge < -0.3 is 14.7 Å². The van der Waals surface area contributed by atoms with Crippen LogP contribution in [0.15, 0.2) is 48.7 Å². The molecule has 4 rings (SSSR count). The Morgan fingerprint density at radius 1 is 1.09 bits per heavy atom. The van der Waals surface area contributed by atoms with Crippen molar-refractivity contribution >= 4 is 40.8 Å². The van der Waals surface area contributed by atoms with Gasteiger partial charge in [-0.3, -0.25) is 48.6 Å². The molecule has 3 aromatic rings. The number of likely N-dealkylation sites (N-methyl/N-ethyl adjacent to an activating group) is 1. The molecule has 0 saturated carbocycles. The van der Waals surface area contributed by atoms with E-state index in [1.165, 1.54) is 26.6 Å². The number of ether oxygens (including phenoxy) is 1. The normalized spacial score (nSPS) is 15.3. The Hall–Kier alpha value is -5.51. The first-order valence-electron chi connectivity index (χ1n) is 18.4. The van der Waals surface area contributed by atoms with Crippen LogP contribution in [0.3, 0.4) is 0 Å². The second-order valence-corrected chi connectivity index (χ2v) is 15.0. The number of phenols is 1. The van der Waals surface area contributed by atoms with E-state index < -0.39 is 39.9 Å². The number of carbonyl (C=O) groups is 5. The zero-order chi connectivity index (χ0) is 40.8. The largest absolute Gasteiger partial charge is 0.502 e. The van der Waals surface area contributed by atoms with Gasteiger partial charge in [0.2, 0.25) is 17.7 Å². The van der Waals surface area contributed by atoms with Gasteiger partial charge in [0.15, 0.2) is 11.5 Å². The second kappa shape index (κ2) is 17.8. The fourth-order valence-electron chi connectivity index (χ4n) is 6.11. The van der Waals surface area contributed by atoms with Gasteiger partial charge in [0.25, 0.3) is 0 Å². The number of Topliss-reactive ketones (excluding diaryl/α,β-unsaturated/α-hetero) is 1. The van der Waals surface area contributed by atoms with Crippen molar-refractivity contribution < 1.29 is 38.7 Å². The van der Waals surface area contributed by atoms with Gasteiger partial charge in [-0.2, -0.15) is 0 Å². The van der Waals surface area contributed by atoms with E-state index >= 15 is 0 Å². The molecule has 1 fully saturated rings. The fraction of sp³-hybridized carbons (Fsp3) is 0.513. The predicted molar refractivity (Wildman–Crippen MR) is 202 cm³/mol. The standard InChI is InChI=1S/C39H51N7O9/c1-9-42(8)39(6,7)34(48)23-43(35(49)18-26-10-13-29(14-11-26)45-36(50)21-30(24(2)3)37(45)51)16-17-44-22-28(40-41-44)20-33(55-38(52)25(4)5)27-12-15-32(47)31(19-27)46(53)54/h10-15,19,22,24-25,30,33,47H,9,16-18,20-21,23H2,1-8H3. The molecule has 0 radical (unpaired) electrons. The number of amides is 3. The Morgan fingerprint density at radius 2 is 1.76 bits per heavy atom. The molecule has 1 aliphatic heterocycles. The lowest BCUT2D eigenvalue weighted by atomic mass is 9.94. The van der Waals surface area contributed by atoms with Crippen LogP contribution in [-0.2, 0) is 48.1 Å². The van der Waals surface area contributed by atoms with Crippen LogP contribution >= 0.6 is 0 Å². The van der Waals surface area contributed by atoms with Gasteiger partial charge in [-0.1, -0.05) is 58.0 Å². The average Bonchev–Trinajstić information content (AvgIpc) is 3.71. The van der Waals surface area contributed by atoms with Crippen LogP contribution in [0, 0.1) is 27.9 Å². The van der Waals surface area contributed by atoms with Gasteiger partial charge in [0.05, 0.1) is 53.2 Å². The van der Waals surface area contributed by atoms with Gasteiger partial charge in [0, 0.05) is 31.6 Å². The first kappa shape index (κ1) is 42.2. The molecule has 16 heteroatoms. The van der Waals surface area contributed by atoms with Crippen LogP contribution in [0.4, 0.5) is 11.4 Å². The second-order valence-electron chi connectivity index (χ2n) is 15.0. The van der Waals surface area contributed by atoms with Crippen molar-refractivity contribution in [3.05, 3.63) is 75.6 Å². The van der Waals surface area contributed by atoms with Gasteiger partial charge in [0.1, 0.15) is 6.10 Å². The summed E-state index contributed by atoms with van der Waals surface area (Å²) >= 11 is 0. The van der Waals surface area contributed by atoms with Crippen molar-refractivity contribution in [1.82, 2.24) is 24.8 Å². The summed E-state index contributed by atoms with van der Waals surface area (Å²) in [5.41, 5.74) is 0.365.